The van der Waals surface area contributed by atoms with E-state index in [9.17, 15) is 0 Å². The number of benzene rings is 1. The summed E-state index contributed by atoms with van der Waals surface area (Å²) in [6.45, 7) is 3.75. The first-order valence-electron chi connectivity index (χ1n) is 6.01. The second-order valence-corrected chi connectivity index (χ2v) is 4.28. The maximum atomic E-state index is 5.83. The number of hydrogen-bond acceptors (Lipinski definition) is 4. The minimum Gasteiger partial charge on any atom is -0.338 e. The summed E-state index contributed by atoms with van der Waals surface area (Å²) in [4.78, 5) is 2.10. The molecular formula is C12H16ClN5. The van der Waals surface area contributed by atoms with E-state index in [0.29, 0.717) is 5.88 Å². The molecule has 0 bridgehead atoms. The van der Waals surface area contributed by atoms with Crippen LogP contribution >= 0.6 is 11.6 Å². The van der Waals surface area contributed by atoms with Crippen molar-refractivity contribution in [2.45, 2.75) is 13.3 Å². The molecule has 0 aliphatic rings. The lowest BCUT2D eigenvalue weighted by Crippen LogP contribution is -2.29. The fourth-order valence-corrected chi connectivity index (χ4v) is 2.00. The van der Waals surface area contributed by atoms with Crippen LogP contribution < -0.4 is 4.90 Å². The number of alkyl halides is 1. The fraction of sp³-hybridized carbons (Fsp3) is 0.417. The Morgan fingerprint density at radius 3 is 2.67 bits per heavy atom. The van der Waals surface area contributed by atoms with Crippen LogP contribution in [0, 0.1) is 0 Å². The third-order valence-electron chi connectivity index (χ3n) is 2.58. The van der Waals surface area contributed by atoms with E-state index in [1.165, 1.54) is 0 Å². The van der Waals surface area contributed by atoms with Crippen LogP contribution in [0.15, 0.2) is 30.3 Å². The number of para-hydroxylation sites is 1. The zero-order valence-electron chi connectivity index (χ0n) is 10.3. The average molecular weight is 266 g/mol. The highest BCUT2D eigenvalue weighted by atomic mass is 35.5. The van der Waals surface area contributed by atoms with Gasteiger partial charge in [0.05, 0.1) is 5.69 Å². The Balaban J connectivity index is 2.31. The van der Waals surface area contributed by atoms with Gasteiger partial charge in [0, 0.05) is 19.0 Å². The van der Waals surface area contributed by atoms with E-state index in [2.05, 4.69) is 27.3 Å². The topological polar surface area (TPSA) is 46.8 Å². The third-order valence-corrected chi connectivity index (χ3v) is 2.75. The molecule has 0 aliphatic carbocycles. The van der Waals surface area contributed by atoms with Crippen LogP contribution in [0.4, 0.5) is 5.95 Å². The summed E-state index contributed by atoms with van der Waals surface area (Å²) in [7, 11) is 0. The standard InChI is InChI=1S/C12H16ClN5/c1-2-9-17(10-8-13)12-14-15-16-18(12)11-6-4-3-5-7-11/h3-7H,2,8-10H2,1H3. The van der Waals surface area contributed by atoms with Crippen molar-refractivity contribution < 1.29 is 0 Å². The SMILES string of the molecule is CCCN(CCCl)c1nnnn1-c1ccccc1. The Morgan fingerprint density at radius 1 is 1.22 bits per heavy atom. The molecule has 96 valence electrons. The molecule has 5 nitrogen and oxygen atoms in total. The largest absolute Gasteiger partial charge is 0.338 e. The lowest BCUT2D eigenvalue weighted by molar-refractivity contribution is 0.733. The lowest BCUT2D eigenvalue weighted by atomic mass is 10.3. The van der Waals surface area contributed by atoms with Crippen molar-refractivity contribution in [2.75, 3.05) is 23.9 Å². The fourth-order valence-electron chi connectivity index (χ4n) is 1.80. The van der Waals surface area contributed by atoms with E-state index in [-0.39, 0.29) is 0 Å². The highest BCUT2D eigenvalue weighted by Crippen LogP contribution is 2.15. The van der Waals surface area contributed by atoms with Crippen LogP contribution in [0.2, 0.25) is 0 Å². The van der Waals surface area contributed by atoms with Gasteiger partial charge in [-0.05, 0) is 29.0 Å². The van der Waals surface area contributed by atoms with E-state index < -0.39 is 0 Å². The minimum absolute atomic E-state index is 0.557. The van der Waals surface area contributed by atoms with Gasteiger partial charge in [0.2, 0.25) is 5.95 Å². The summed E-state index contributed by atoms with van der Waals surface area (Å²) in [6, 6.07) is 9.85. The normalized spacial score (nSPS) is 10.6. The minimum atomic E-state index is 0.557. The number of halogens is 1. The molecule has 0 aliphatic heterocycles. The van der Waals surface area contributed by atoms with Gasteiger partial charge < -0.3 is 4.90 Å². The van der Waals surface area contributed by atoms with E-state index in [0.717, 1.165) is 31.1 Å². The first-order valence-corrected chi connectivity index (χ1v) is 6.55. The maximum Gasteiger partial charge on any atom is 0.250 e. The van der Waals surface area contributed by atoms with Gasteiger partial charge in [-0.25, -0.2) is 0 Å². The Kier molecular flexibility index (Phi) is 4.52. The number of anilines is 1. The maximum absolute atomic E-state index is 5.83. The first kappa shape index (κ1) is 12.8. The monoisotopic (exact) mass is 265 g/mol. The van der Waals surface area contributed by atoms with Crippen LogP contribution in [0.5, 0.6) is 0 Å². The highest BCUT2D eigenvalue weighted by Gasteiger charge is 2.14. The van der Waals surface area contributed by atoms with E-state index >= 15 is 0 Å². The van der Waals surface area contributed by atoms with Gasteiger partial charge in [0.15, 0.2) is 0 Å². The van der Waals surface area contributed by atoms with Crippen LogP contribution in [0.25, 0.3) is 5.69 Å². The van der Waals surface area contributed by atoms with Gasteiger partial charge in [-0.1, -0.05) is 30.2 Å². The van der Waals surface area contributed by atoms with Crippen molar-refractivity contribution in [3.63, 3.8) is 0 Å². The molecule has 0 spiro atoms. The molecule has 6 heteroatoms. The molecule has 0 atom stereocenters. The molecular weight excluding hydrogens is 250 g/mol. The van der Waals surface area contributed by atoms with Crippen molar-refractivity contribution in [2.24, 2.45) is 0 Å². The summed E-state index contributed by atoms with van der Waals surface area (Å²) in [5.74, 6) is 1.30. The molecule has 0 saturated carbocycles. The molecule has 0 saturated heterocycles. The molecule has 2 aromatic rings. The Labute approximate surface area is 111 Å². The predicted molar refractivity (Wildman–Crippen MR) is 72.4 cm³/mol. The number of aromatic nitrogens is 4. The molecule has 0 radical (unpaired) electrons. The third kappa shape index (κ3) is 2.79. The van der Waals surface area contributed by atoms with Crippen molar-refractivity contribution in [1.29, 1.82) is 0 Å². The Hall–Kier alpha value is -1.62. The van der Waals surface area contributed by atoms with Gasteiger partial charge in [-0.2, -0.15) is 4.68 Å². The number of hydrogen-bond donors (Lipinski definition) is 0. The van der Waals surface area contributed by atoms with Gasteiger partial charge in [0.1, 0.15) is 0 Å². The quantitative estimate of drug-likeness (QED) is 0.751. The predicted octanol–water partition coefficient (Wildman–Crippen LogP) is 2.12. The van der Waals surface area contributed by atoms with Crippen molar-refractivity contribution in [3.8, 4) is 5.69 Å². The molecule has 0 unspecified atom stereocenters. The molecule has 0 fully saturated rings. The van der Waals surface area contributed by atoms with Crippen LogP contribution in [0.1, 0.15) is 13.3 Å². The Bertz CT molecular complexity index is 464. The molecule has 1 heterocycles. The molecule has 1 aromatic carbocycles. The average Bonchev–Trinajstić information content (AvgIpc) is 2.88. The van der Waals surface area contributed by atoms with Crippen LogP contribution in [-0.4, -0.2) is 39.2 Å². The van der Waals surface area contributed by atoms with E-state index in [1.807, 2.05) is 30.3 Å². The molecule has 0 N–H and O–H groups in total. The van der Waals surface area contributed by atoms with Gasteiger partial charge >= 0.3 is 0 Å². The van der Waals surface area contributed by atoms with Crippen molar-refractivity contribution in [3.05, 3.63) is 30.3 Å². The zero-order valence-corrected chi connectivity index (χ0v) is 11.1. The van der Waals surface area contributed by atoms with E-state index in [1.54, 1.807) is 4.68 Å². The number of rotatable bonds is 6. The highest BCUT2D eigenvalue weighted by molar-refractivity contribution is 6.18. The second kappa shape index (κ2) is 6.35. The van der Waals surface area contributed by atoms with Crippen molar-refractivity contribution >= 4 is 17.5 Å². The van der Waals surface area contributed by atoms with Gasteiger partial charge in [-0.15, -0.1) is 11.6 Å². The molecule has 2 rings (SSSR count). The number of tetrazole rings is 1. The first-order chi connectivity index (χ1) is 8.86. The number of nitrogens with zero attached hydrogens (tertiary/aromatic N) is 5. The molecule has 0 amide bonds. The zero-order chi connectivity index (χ0) is 12.8. The van der Waals surface area contributed by atoms with Crippen molar-refractivity contribution in [1.82, 2.24) is 20.2 Å². The molecule has 1 aromatic heterocycles. The summed E-state index contributed by atoms with van der Waals surface area (Å²) in [5.41, 5.74) is 0.952. The summed E-state index contributed by atoms with van der Waals surface area (Å²) < 4.78 is 1.74. The lowest BCUT2D eigenvalue weighted by Gasteiger charge is -2.21. The van der Waals surface area contributed by atoms with Crippen LogP contribution in [-0.2, 0) is 0 Å². The summed E-state index contributed by atoms with van der Waals surface area (Å²) >= 11 is 5.83. The van der Waals surface area contributed by atoms with Gasteiger partial charge in [-0.3, -0.25) is 0 Å². The van der Waals surface area contributed by atoms with Gasteiger partial charge in [0.25, 0.3) is 0 Å². The summed E-state index contributed by atoms with van der Waals surface area (Å²) in [6.07, 6.45) is 1.03. The smallest absolute Gasteiger partial charge is 0.250 e. The molecule has 18 heavy (non-hydrogen) atoms. The Morgan fingerprint density at radius 2 is 2.00 bits per heavy atom. The van der Waals surface area contributed by atoms with Crippen LogP contribution in [0.3, 0.4) is 0 Å². The van der Waals surface area contributed by atoms with E-state index in [4.69, 9.17) is 11.6 Å². The second-order valence-electron chi connectivity index (χ2n) is 3.90. The summed E-state index contributed by atoms with van der Waals surface area (Å²) in [5, 5.41) is 11.9.